The number of H-pyrrole nitrogens is 1. The van der Waals surface area contributed by atoms with Crippen LogP contribution in [0.4, 0.5) is 13.2 Å². The first-order valence-electron chi connectivity index (χ1n) is 7.42. The van der Waals surface area contributed by atoms with Crippen LogP contribution in [-0.4, -0.2) is 9.55 Å². The monoisotopic (exact) mass is 340 g/mol. The highest BCUT2D eigenvalue weighted by molar-refractivity contribution is 7.71. The van der Waals surface area contributed by atoms with Gasteiger partial charge in [-0.2, -0.15) is 13.2 Å². The molecule has 1 heterocycles. The minimum Gasteiger partial charge on any atom is -0.298 e. The summed E-state index contributed by atoms with van der Waals surface area (Å²) in [5, 5.41) is 0. The highest BCUT2D eigenvalue weighted by Crippen LogP contribution is 2.31. The van der Waals surface area contributed by atoms with E-state index in [1.807, 2.05) is 0 Å². The zero-order valence-corrected chi connectivity index (χ0v) is 13.1. The summed E-state index contributed by atoms with van der Waals surface area (Å²) in [5.41, 5.74) is 0.556. The van der Waals surface area contributed by atoms with E-state index in [1.165, 1.54) is 16.7 Å². The molecule has 3 rings (SSSR count). The van der Waals surface area contributed by atoms with Gasteiger partial charge in [0.25, 0.3) is 0 Å². The van der Waals surface area contributed by atoms with Gasteiger partial charge in [-0.25, -0.2) is 4.79 Å². The maximum absolute atomic E-state index is 12.9. The Bertz CT molecular complexity index is 852. The quantitative estimate of drug-likeness (QED) is 0.625. The average molecular weight is 340 g/mol. The van der Waals surface area contributed by atoms with Gasteiger partial charge < -0.3 is 0 Å². The van der Waals surface area contributed by atoms with Gasteiger partial charge in [0.1, 0.15) is 4.64 Å². The molecule has 1 aliphatic rings. The zero-order chi connectivity index (χ0) is 16.6. The SMILES string of the molecule is O=c1[nH]c(=S)c2c(n1-c1cccc(C(F)(F)F)c1)CCCCC2. The molecule has 0 bridgehead atoms. The second kappa shape index (κ2) is 5.96. The molecule has 7 heteroatoms. The van der Waals surface area contributed by atoms with Gasteiger partial charge in [-0.05, 0) is 43.9 Å². The Morgan fingerprint density at radius 2 is 1.87 bits per heavy atom. The Kier molecular flexibility index (Phi) is 4.14. The Balaban J connectivity index is 2.25. The second-order valence-electron chi connectivity index (χ2n) is 5.63. The Hall–Kier alpha value is -1.89. The molecule has 2 aromatic rings. The molecule has 1 aliphatic carbocycles. The molecule has 0 unspecified atom stereocenters. The van der Waals surface area contributed by atoms with E-state index in [4.69, 9.17) is 12.2 Å². The molecule has 1 aromatic heterocycles. The van der Waals surface area contributed by atoms with Crippen LogP contribution in [0.1, 0.15) is 36.1 Å². The number of hydrogen-bond acceptors (Lipinski definition) is 2. The fraction of sp³-hybridized carbons (Fsp3) is 0.375. The first kappa shape index (κ1) is 16.0. The van der Waals surface area contributed by atoms with Crippen molar-refractivity contribution in [1.29, 1.82) is 0 Å². The number of fused-ring (bicyclic) bond motifs is 1. The fourth-order valence-electron chi connectivity index (χ4n) is 3.00. The molecule has 1 aromatic carbocycles. The van der Waals surface area contributed by atoms with E-state index in [-0.39, 0.29) is 5.69 Å². The lowest BCUT2D eigenvalue weighted by Gasteiger charge is -2.16. The van der Waals surface area contributed by atoms with Gasteiger partial charge in [0.15, 0.2) is 0 Å². The molecule has 0 saturated carbocycles. The lowest BCUT2D eigenvalue weighted by molar-refractivity contribution is -0.137. The lowest BCUT2D eigenvalue weighted by Crippen LogP contribution is -2.27. The number of rotatable bonds is 1. The lowest BCUT2D eigenvalue weighted by atomic mass is 10.1. The number of halogens is 3. The standard InChI is InChI=1S/C16H15F3N2OS/c17-16(18,19)10-5-4-6-11(9-10)21-13-8-3-1-2-7-12(13)14(23)20-15(21)22/h4-6,9H,1-3,7-8H2,(H,20,22,23). The van der Waals surface area contributed by atoms with Gasteiger partial charge in [-0.1, -0.05) is 24.7 Å². The summed E-state index contributed by atoms with van der Waals surface area (Å²) >= 11 is 5.23. The maximum Gasteiger partial charge on any atom is 0.416 e. The summed E-state index contributed by atoms with van der Waals surface area (Å²) in [6, 6.07) is 4.83. The predicted octanol–water partition coefficient (Wildman–Crippen LogP) is 4.18. The summed E-state index contributed by atoms with van der Waals surface area (Å²) in [6.45, 7) is 0. The average Bonchev–Trinajstić information content (AvgIpc) is 2.73. The number of benzene rings is 1. The molecule has 0 amide bonds. The number of aromatic amines is 1. The highest BCUT2D eigenvalue weighted by atomic mass is 32.1. The topological polar surface area (TPSA) is 37.8 Å². The van der Waals surface area contributed by atoms with E-state index in [0.29, 0.717) is 11.1 Å². The number of alkyl halides is 3. The van der Waals surface area contributed by atoms with Crippen molar-refractivity contribution < 1.29 is 13.2 Å². The highest BCUT2D eigenvalue weighted by Gasteiger charge is 2.31. The third-order valence-corrected chi connectivity index (χ3v) is 4.44. The van der Waals surface area contributed by atoms with Crippen molar-refractivity contribution in [2.24, 2.45) is 0 Å². The van der Waals surface area contributed by atoms with Crippen LogP contribution < -0.4 is 5.69 Å². The largest absolute Gasteiger partial charge is 0.416 e. The van der Waals surface area contributed by atoms with Gasteiger partial charge in [-0.3, -0.25) is 9.55 Å². The van der Waals surface area contributed by atoms with Crippen LogP contribution in [0.25, 0.3) is 5.69 Å². The van der Waals surface area contributed by atoms with Crippen LogP contribution in [0, 0.1) is 4.64 Å². The summed E-state index contributed by atoms with van der Waals surface area (Å²) in [6.07, 6.45) is -0.197. The van der Waals surface area contributed by atoms with E-state index in [9.17, 15) is 18.0 Å². The number of nitrogens with one attached hydrogen (secondary N) is 1. The maximum atomic E-state index is 12.9. The van der Waals surface area contributed by atoms with Crippen molar-refractivity contribution in [3.05, 3.63) is 56.2 Å². The third-order valence-electron chi connectivity index (χ3n) is 4.09. The van der Waals surface area contributed by atoms with Crippen LogP contribution in [0.15, 0.2) is 29.1 Å². The van der Waals surface area contributed by atoms with Crippen molar-refractivity contribution >= 4 is 12.2 Å². The molecule has 0 fully saturated rings. The van der Waals surface area contributed by atoms with Crippen molar-refractivity contribution in [1.82, 2.24) is 9.55 Å². The summed E-state index contributed by atoms with van der Waals surface area (Å²) in [5.74, 6) is 0. The summed E-state index contributed by atoms with van der Waals surface area (Å²) in [4.78, 5) is 14.9. The molecule has 3 nitrogen and oxygen atoms in total. The summed E-state index contributed by atoms with van der Waals surface area (Å²) in [7, 11) is 0. The van der Waals surface area contributed by atoms with Gasteiger partial charge in [0, 0.05) is 11.3 Å². The Morgan fingerprint density at radius 3 is 2.61 bits per heavy atom. The van der Waals surface area contributed by atoms with E-state index >= 15 is 0 Å². The van der Waals surface area contributed by atoms with Crippen molar-refractivity contribution in [3.8, 4) is 5.69 Å². The smallest absolute Gasteiger partial charge is 0.298 e. The van der Waals surface area contributed by atoms with Crippen molar-refractivity contribution in [2.45, 2.75) is 38.3 Å². The Morgan fingerprint density at radius 1 is 1.13 bits per heavy atom. The zero-order valence-electron chi connectivity index (χ0n) is 12.2. The first-order chi connectivity index (χ1) is 10.9. The van der Waals surface area contributed by atoms with Crippen molar-refractivity contribution in [3.63, 3.8) is 0 Å². The van der Waals surface area contributed by atoms with Crippen LogP contribution >= 0.6 is 12.2 Å². The molecular formula is C16H15F3N2OS. The molecule has 1 N–H and O–H groups in total. The fourth-order valence-corrected chi connectivity index (χ4v) is 3.31. The minimum absolute atomic E-state index is 0.217. The van der Waals surface area contributed by atoms with Gasteiger partial charge in [0.05, 0.1) is 11.3 Å². The first-order valence-corrected chi connectivity index (χ1v) is 7.83. The molecular weight excluding hydrogens is 325 g/mol. The van der Waals surface area contributed by atoms with Gasteiger partial charge >= 0.3 is 11.9 Å². The van der Waals surface area contributed by atoms with Gasteiger partial charge in [0.2, 0.25) is 0 Å². The number of aromatic nitrogens is 2. The molecule has 0 aliphatic heterocycles. The van der Waals surface area contributed by atoms with E-state index in [0.717, 1.165) is 49.1 Å². The molecule has 0 radical (unpaired) electrons. The van der Waals surface area contributed by atoms with E-state index in [1.54, 1.807) is 0 Å². The second-order valence-corrected chi connectivity index (χ2v) is 6.04. The van der Waals surface area contributed by atoms with Crippen LogP contribution in [0.2, 0.25) is 0 Å². The van der Waals surface area contributed by atoms with Crippen LogP contribution in [-0.2, 0) is 19.0 Å². The molecule has 122 valence electrons. The Labute approximate surface area is 135 Å². The molecule has 0 atom stereocenters. The van der Waals surface area contributed by atoms with Crippen molar-refractivity contribution in [2.75, 3.05) is 0 Å². The predicted molar refractivity (Wildman–Crippen MR) is 83.5 cm³/mol. The molecule has 23 heavy (non-hydrogen) atoms. The molecule has 0 spiro atoms. The number of nitrogens with zero attached hydrogens (tertiary/aromatic N) is 1. The van der Waals surface area contributed by atoms with E-state index in [2.05, 4.69) is 4.98 Å². The van der Waals surface area contributed by atoms with E-state index < -0.39 is 17.4 Å². The third kappa shape index (κ3) is 3.10. The normalized spacial score (nSPS) is 15.1. The van der Waals surface area contributed by atoms with Gasteiger partial charge in [-0.15, -0.1) is 0 Å². The van der Waals surface area contributed by atoms with Crippen LogP contribution in [0.5, 0.6) is 0 Å². The number of hydrogen-bond donors (Lipinski definition) is 1. The van der Waals surface area contributed by atoms with Crippen LogP contribution in [0.3, 0.4) is 0 Å². The summed E-state index contributed by atoms with van der Waals surface area (Å²) < 4.78 is 40.6. The minimum atomic E-state index is -4.45. The molecule has 0 saturated heterocycles.